The fourth-order valence-electron chi connectivity index (χ4n) is 2.02. The second-order valence-corrected chi connectivity index (χ2v) is 5.30. The van der Waals surface area contributed by atoms with Crippen LogP contribution in [0.15, 0.2) is 24.3 Å². The van der Waals surface area contributed by atoms with E-state index in [1.54, 1.807) is 0 Å². The van der Waals surface area contributed by atoms with Gasteiger partial charge in [0.2, 0.25) is 0 Å². The van der Waals surface area contributed by atoms with E-state index in [0.717, 1.165) is 6.42 Å². The molecule has 0 aliphatic heterocycles. The van der Waals surface area contributed by atoms with E-state index < -0.39 is 10.9 Å². The number of rotatable bonds is 6. The van der Waals surface area contributed by atoms with Crippen LogP contribution in [0.4, 0.5) is 5.69 Å². The van der Waals surface area contributed by atoms with Crippen LogP contribution in [0.3, 0.4) is 0 Å². The van der Waals surface area contributed by atoms with Gasteiger partial charge in [0.15, 0.2) is 5.69 Å². The van der Waals surface area contributed by atoms with Crippen LogP contribution in [0.25, 0.3) is 11.3 Å². The number of hydrogen-bond donors (Lipinski definition) is 1. The van der Waals surface area contributed by atoms with Gasteiger partial charge in [-0.3, -0.25) is 10.1 Å². The highest BCUT2D eigenvalue weighted by Crippen LogP contribution is 2.25. The molecular formula is C14H16N4O4. The van der Waals surface area contributed by atoms with Crippen molar-refractivity contribution in [2.45, 2.75) is 26.8 Å². The van der Waals surface area contributed by atoms with E-state index in [-0.39, 0.29) is 11.4 Å². The Bertz CT molecular complexity index is 691. The summed E-state index contributed by atoms with van der Waals surface area (Å²) in [5.41, 5.74) is 0.694. The Hall–Kier alpha value is -2.77. The SMILES string of the molecule is CC(C)CCn1nnc(C(=O)O)c1-c1ccc([N+](=O)[O-])cc1. The molecule has 0 saturated carbocycles. The third kappa shape index (κ3) is 3.27. The fourth-order valence-corrected chi connectivity index (χ4v) is 2.02. The molecule has 0 atom stereocenters. The van der Waals surface area contributed by atoms with Crippen LogP contribution >= 0.6 is 0 Å². The molecular weight excluding hydrogens is 288 g/mol. The minimum atomic E-state index is -1.18. The zero-order valence-corrected chi connectivity index (χ0v) is 12.3. The molecule has 1 heterocycles. The number of aryl methyl sites for hydroxylation is 1. The normalized spacial score (nSPS) is 10.9. The lowest BCUT2D eigenvalue weighted by Gasteiger charge is -2.09. The first-order chi connectivity index (χ1) is 10.4. The van der Waals surface area contributed by atoms with E-state index >= 15 is 0 Å². The van der Waals surface area contributed by atoms with Crippen molar-refractivity contribution in [3.05, 3.63) is 40.1 Å². The van der Waals surface area contributed by atoms with E-state index in [4.69, 9.17) is 0 Å². The Balaban J connectivity index is 2.44. The zero-order valence-electron chi connectivity index (χ0n) is 12.3. The maximum Gasteiger partial charge on any atom is 0.358 e. The van der Waals surface area contributed by atoms with Crippen LogP contribution < -0.4 is 0 Å². The van der Waals surface area contributed by atoms with Gasteiger partial charge in [-0.2, -0.15) is 0 Å². The molecule has 116 valence electrons. The molecule has 0 amide bonds. The van der Waals surface area contributed by atoms with Crippen molar-refractivity contribution in [2.75, 3.05) is 0 Å². The fraction of sp³-hybridized carbons (Fsp3) is 0.357. The van der Waals surface area contributed by atoms with E-state index in [1.165, 1.54) is 28.9 Å². The lowest BCUT2D eigenvalue weighted by atomic mass is 10.1. The van der Waals surface area contributed by atoms with Gasteiger partial charge in [0, 0.05) is 24.2 Å². The van der Waals surface area contributed by atoms with Crippen LogP contribution in [-0.2, 0) is 6.54 Å². The highest BCUT2D eigenvalue weighted by atomic mass is 16.6. The molecule has 8 nitrogen and oxygen atoms in total. The first kappa shape index (κ1) is 15.6. The highest BCUT2D eigenvalue weighted by Gasteiger charge is 2.21. The quantitative estimate of drug-likeness (QED) is 0.648. The van der Waals surface area contributed by atoms with Crippen LogP contribution in [-0.4, -0.2) is 31.0 Å². The topological polar surface area (TPSA) is 111 Å². The standard InChI is InChI=1S/C14H16N4O4/c1-9(2)7-8-17-13(12(14(19)20)15-16-17)10-3-5-11(6-4-10)18(21)22/h3-6,9H,7-8H2,1-2H3,(H,19,20). The lowest BCUT2D eigenvalue weighted by molar-refractivity contribution is -0.384. The molecule has 1 aromatic carbocycles. The summed E-state index contributed by atoms with van der Waals surface area (Å²) in [6.07, 6.45) is 0.822. The highest BCUT2D eigenvalue weighted by molar-refractivity contribution is 5.92. The van der Waals surface area contributed by atoms with Gasteiger partial charge in [0.1, 0.15) is 5.69 Å². The number of nitro benzene ring substituents is 1. The van der Waals surface area contributed by atoms with Gasteiger partial charge < -0.3 is 5.11 Å². The number of carboxylic acids is 1. The number of benzene rings is 1. The molecule has 8 heteroatoms. The van der Waals surface area contributed by atoms with Crippen molar-refractivity contribution < 1.29 is 14.8 Å². The van der Waals surface area contributed by atoms with Gasteiger partial charge in [-0.15, -0.1) is 5.10 Å². The predicted molar refractivity (Wildman–Crippen MR) is 78.5 cm³/mol. The molecule has 2 aromatic rings. The summed E-state index contributed by atoms with van der Waals surface area (Å²) in [5, 5.41) is 27.5. The van der Waals surface area contributed by atoms with E-state index in [2.05, 4.69) is 24.2 Å². The maximum absolute atomic E-state index is 11.3. The number of aromatic carboxylic acids is 1. The van der Waals surface area contributed by atoms with Crippen LogP contribution in [0.1, 0.15) is 30.8 Å². The number of carboxylic acid groups (broad SMARTS) is 1. The first-order valence-corrected chi connectivity index (χ1v) is 6.81. The third-order valence-electron chi connectivity index (χ3n) is 3.21. The molecule has 22 heavy (non-hydrogen) atoms. The lowest BCUT2D eigenvalue weighted by Crippen LogP contribution is -2.07. The van der Waals surface area contributed by atoms with Gasteiger partial charge in [-0.05, 0) is 24.5 Å². The number of nitrogens with zero attached hydrogens (tertiary/aromatic N) is 4. The molecule has 0 bridgehead atoms. The van der Waals surface area contributed by atoms with E-state index in [9.17, 15) is 20.0 Å². The molecule has 1 aromatic heterocycles. The summed E-state index contributed by atoms with van der Waals surface area (Å²) in [7, 11) is 0. The molecule has 0 aliphatic rings. The van der Waals surface area contributed by atoms with Crippen molar-refractivity contribution in [3.63, 3.8) is 0 Å². The Kier molecular flexibility index (Phi) is 4.50. The maximum atomic E-state index is 11.3. The second-order valence-electron chi connectivity index (χ2n) is 5.30. The summed E-state index contributed by atoms with van der Waals surface area (Å²) in [6.45, 7) is 4.64. The summed E-state index contributed by atoms with van der Waals surface area (Å²) < 4.78 is 1.53. The van der Waals surface area contributed by atoms with Crippen molar-refractivity contribution in [2.24, 2.45) is 5.92 Å². The van der Waals surface area contributed by atoms with Gasteiger partial charge in [-0.25, -0.2) is 9.48 Å². The molecule has 0 unspecified atom stereocenters. The first-order valence-electron chi connectivity index (χ1n) is 6.81. The molecule has 1 N–H and O–H groups in total. The van der Waals surface area contributed by atoms with Gasteiger partial charge in [-0.1, -0.05) is 19.1 Å². The van der Waals surface area contributed by atoms with Gasteiger partial charge in [0.05, 0.1) is 4.92 Å². The van der Waals surface area contributed by atoms with Gasteiger partial charge in [0.25, 0.3) is 5.69 Å². The van der Waals surface area contributed by atoms with Crippen molar-refractivity contribution in [3.8, 4) is 11.3 Å². The summed E-state index contributed by atoms with van der Waals surface area (Å²) in [5.74, 6) is -0.744. The van der Waals surface area contributed by atoms with Gasteiger partial charge >= 0.3 is 5.97 Å². The molecule has 2 rings (SSSR count). The molecule has 0 fully saturated rings. The van der Waals surface area contributed by atoms with Crippen molar-refractivity contribution in [1.82, 2.24) is 15.0 Å². The van der Waals surface area contributed by atoms with Crippen LogP contribution in [0, 0.1) is 16.0 Å². The van der Waals surface area contributed by atoms with Crippen LogP contribution in [0.5, 0.6) is 0 Å². The Labute approximate surface area is 126 Å². The Morgan fingerprint density at radius 1 is 1.36 bits per heavy atom. The minimum Gasteiger partial charge on any atom is -0.476 e. The molecule has 0 aliphatic carbocycles. The smallest absolute Gasteiger partial charge is 0.358 e. The molecule has 0 spiro atoms. The van der Waals surface area contributed by atoms with Crippen molar-refractivity contribution >= 4 is 11.7 Å². The average Bonchev–Trinajstić information content (AvgIpc) is 2.89. The number of carbonyl (C=O) groups is 1. The predicted octanol–water partition coefficient (Wildman–Crippen LogP) is 2.60. The number of hydrogen-bond acceptors (Lipinski definition) is 5. The van der Waals surface area contributed by atoms with E-state index in [1.807, 2.05) is 0 Å². The van der Waals surface area contributed by atoms with E-state index in [0.29, 0.717) is 23.7 Å². The molecule has 0 saturated heterocycles. The zero-order chi connectivity index (χ0) is 16.3. The Morgan fingerprint density at radius 2 is 2.00 bits per heavy atom. The third-order valence-corrected chi connectivity index (χ3v) is 3.21. The van der Waals surface area contributed by atoms with Crippen LogP contribution in [0.2, 0.25) is 0 Å². The second kappa shape index (κ2) is 6.33. The Morgan fingerprint density at radius 3 is 2.50 bits per heavy atom. The van der Waals surface area contributed by atoms with Crippen molar-refractivity contribution in [1.29, 1.82) is 0 Å². The molecule has 0 radical (unpaired) electrons. The summed E-state index contributed by atoms with van der Waals surface area (Å²) >= 11 is 0. The number of aromatic nitrogens is 3. The average molecular weight is 304 g/mol. The monoisotopic (exact) mass is 304 g/mol. The number of non-ortho nitro benzene ring substituents is 1. The largest absolute Gasteiger partial charge is 0.476 e. The number of nitro groups is 1. The summed E-state index contributed by atoms with van der Waals surface area (Å²) in [6, 6.07) is 5.69. The minimum absolute atomic E-state index is 0.0539. The summed E-state index contributed by atoms with van der Waals surface area (Å²) in [4.78, 5) is 21.5.